The lowest BCUT2D eigenvalue weighted by Gasteiger charge is -2.12. The fraction of sp³-hybridized carbons (Fsp3) is 0.636. The van der Waals surface area contributed by atoms with Crippen LogP contribution in [0.5, 0.6) is 0 Å². The van der Waals surface area contributed by atoms with Crippen LogP contribution in [0.4, 0.5) is 0 Å². The average molecular weight is 150 g/mol. The van der Waals surface area contributed by atoms with Gasteiger partial charge in [-0.3, -0.25) is 0 Å². The lowest BCUT2D eigenvalue weighted by atomic mass is 9.94. The summed E-state index contributed by atoms with van der Waals surface area (Å²) in [6, 6.07) is 0. The van der Waals surface area contributed by atoms with E-state index < -0.39 is 0 Å². The van der Waals surface area contributed by atoms with Crippen LogP contribution >= 0.6 is 0 Å². The molecule has 0 aromatic rings. The molecule has 0 aromatic heterocycles. The van der Waals surface area contributed by atoms with Crippen LogP contribution in [0.15, 0.2) is 24.3 Å². The molecule has 1 atom stereocenters. The van der Waals surface area contributed by atoms with E-state index in [9.17, 15) is 0 Å². The van der Waals surface area contributed by atoms with Crippen molar-refractivity contribution in [1.29, 1.82) is 0 Å². The zero-order valence-corrected chi connectivity index (χ0v) is 7.42. The molecule has 1 unspecified atom stereocenters. The van der Waals surface area contributed by atoms with Crippen molar-refractivity contribution in [3.05, 3.63) is 24.3 Å². The smallest absolute Gasteiger partial charge is 0.0196 e. The zero-order chi connectivity index (χ0) is 7.94. The van der Waals surface area contributed by atoms with Gasteiger partial charge in [-0.25, -0.2) is 0 Å². The van der Waals surface area contributed by atoms with E-state index in [0.717, 1.165) is 5.92 Å². The van der Waals surface area contributed by atoms with Crippen LogP contribution in [-0.4, -0.2) is 0 Å². The molecular weight excluding hydrogens is 132 g/mol. The van der Waals surface area contributed by atoms with Crippen LogP contribution < -0.4 is 0 Å². The summed E-state index contributed by atoms with van der Waals surface area (Å²) in [6.07, 6.45) is 15.8. The van der Waals surface area contributed by atoms with Crippen molar-refractivity contribution in [3.8, 4) is 0 Å². The van der Waals surface area contributed by atoms with E-state index in [4.69, 9.17) is 0 Å². The highest BCUT2D eigenvalue weighted by Crippen LogP contribution is 2.19. The van der Waals surface area contributed by atoms with Gasteiger partial charge in [0.15, 0.2) is 0 Å². The summed E-state index contributed by atoms with van der Waals surface area (Å²) in [4.78, 5) is 0. The Kier molecular flexibility index (Phi) is 4.03. The number of hydrogen-bond donors (Lipinski definition) is 0. The Bertz CT molecular complexity index is 142. The molecule has 0 aliphatic heterocycles. The number of hydrogen-bond acceptors (Lipinski definition) is 0. The third-order valence-corrected chi connectivity index (χ3v) is 2.17. The lowest BCUT2D eigenvalue weighted by molar-refractivity contribution is 0.582. The highest BCUT2D eigenvalue weighted by atomic mass is 14.1. The van der Waals surface area contributed by atoms with Gasteiger partial charge in [-0.1, -0.05) is 37.6 Å². The van der Waals surface area contributed by atoms with E-state index in [-0.39, 0.29) is 0 Å². The lowest BCUT2D eigenvalue weighted by Crippen LogP contribution is -1.97. The molecule has 0 bridgehead atoms. The Morgan fingerprint density at radius 2 is 2.36 bits per heavy atom. The fourth-order valence-corrected chi connectivity index (χ4v) is 1.45. The van der Waals surface area contributed by atoms with Crippen molar-refractivity contribution >= 4 is 0 Å². The Morgan fingerprint density at radius 3 is 3.00 bits per heavy atom. The van der Waals surface area contributed by atoms with Gasteiger partial charge in [-0.05, 0) is 31.6 Å². The molecule has 1 aliphatic carbocycles. The van der Waals surface area contributed by atoms with Gasteiger partial charge in [-0.15, -0.1) is 0 Å². The van der Waals surface area contributed by atoms with Crippen molar-refractivity contribution < 1.29 is 0 Å². The van der Waals surface area contributed by atoms with Crippen molar-refractivity contribution in [3.63, 3.8) is 0 Å². The van der Waals surface area contributed by atoms with E-state index in [2.05, 4.69) is 31.2 Å². The van der Waals surface area contributed by atoms with Crippen molar-refractivity contribution in [2.75, 3.05) is 0 Å². The highest BCUT2D eigenvalue weighted by molar-refractivity contribution is 4.98. The number of unbranched alkanes of at least 4 members (excludes halogenated alkanes) is 1. The Morgan fingerprint density at radius 1 is 1.45 bits per heavy atom. The molecule has 0 saturated carbocycles. The SMILES string of the molecule is CCC/C=C/C1CC=CCC1. The van der Waals surface area contributed by atoms with Crippen LogP contribution in [-0.2, 0) is 0 Å². The van der Waals surface area contributed by atoms with Gasteiger partial charge in [-0.2, -0.15) is 0 Å². The molecule has 0 nitrogen and oxygen atoms in total. The first kappa shape index (κ1) is 8.58. The van der Waals surface area contributed by atoms with Gasteiger partial charge in [0, 0.05) is 0 Å². The molecule has 0 N–H and O–H groups in total. The molecule has 0 fully saturated rings. The largest absolute Gasteiger partial charge is 0.0885 e. The first-order chi connectivity index (χ1) is 5.43. The summed E-state index contributed by atoms with van der Waals surface area (Å²) in [5, 5.41) is 0. The third-order valence-electron chi connectivity index (χ3n) is 2.17. The minimum absolute atomic E-state index is 0.839. The molecule has 0 radical (unpaired) electrons. The second kappa shape index (κ2) is 5.17. The van der Waals surface area contributed by atoms with Gasteiger partial charge in [0.25, 0.3) is 0 Å². The summed E-state index contributed by atoms with van der Waals surface area (Å²) in [5.41, 5.74) is 0. The van der Waals surface area contributed by atoms with Crippen LogP contribution in [0, 0.1) is 5.92 Å². The second-order valence-electron chi connectivity index (χ2n) is 3.26. The Labute approximate surface area is 70.0 Å². The van der Waals surface area contributed by atoms with Crippen molar-refractivity contribution in [1.82, 2.24) is 0 Å². The van der Waals surface area contributed by atoms with Gasteiger partial charge in [0.05, 0.1) is 0 Å². The van der Waals surface area contributed by atoms with Gasteiger partial charge in [0.1, 0.15) is 0 Å². The predicted molar refractivity (Wildman–Crippen MR) is 50.5 cm³/mol. The molecule has 1 aliphatic rings. The Hall–Kier alpha value is -0.520. The molecule has 0 heterocycles. The molecule has 0 spiro atoms. The molecule has 11 heavy (non-hydrogen) atoms. The minimum atomic E-state index is 0.839. The summed E-state index contributed by atoms with van der Waals surface area (Å²) < 4.78 is 0. The van der Waals surface area contributed by atoms with Crippen molar-refractivity contribution in [2.45, 2.75) is 39.0 Å². The summed E-state index contributed by atoms with van der Waals surface area (Å²) in [5.74, 6) is 0.839. The minimum Gasteiger partial charge on any atom is -0.0885 e. The average Bonchev–Trinajstić information content (AvgIpc) is 2.07. The van der Waals surface area contributed by atoms with Crippen molar-refractivity contribution in [2.24, 2.45) is 5.92 Å². The summed E-state index contributed by atoms with van der Waals surface area (Å²) >= 11 is 0. The van der Waals surface area contributed by atoms with Crippen LogP contribution in [0.2, 0.25) is 0 Å². The van der Waals surface area contributed by atoms with E-state index in [1.54, 1.807) is 0 Å². The van der Waals surface area contributed by atoms with Gasteiger partial charge >= 0.3 is 0 Å². The van der Waals surface area contributed by atoms with Gasteiger partial charge < -0.3 is 0 Å². The maximum absolute atomic E-state index is 2.40. The summed E-state index contributed by atoms with van der Waals surface area (Å²) in [6.45, 7) is 2.23. The normalized spacial score (nSPS) is 24.6. The highest BCUT2D eigenvalue weighted by Gasteiger charge is 2.04. The second-order valence-corrected chi connectivity index (χ2v) is 3.26. The quantitative estimate of drug-likeness (QED) is 0.538. The third kappa shape index (κ3) is 3.41. The fourth-order valence-electron chi connectivity index (χ4n) is 1.45. The molecule has 62 valence electrons. The molecular formula is C11H18. The molecule has 1 rings (SSSR count). The molecule has 0 saturated heterocycles. The van der Waals surface area contributed by atoms with E-state index in [1.807, 2.05) is 0 Å². The van der Waals surface area contributed by atoms with Gasteiger partial charge in [0.2, 0.25) is 0 Å². The standard InChI is InChI=1S/C11H18/c1-2-3-5-8-11-9-6-4-7-10-11/h4-6,8,11H,2-3,7,9-10H2,1H3/b8-5+. The van der Waals surface area contributed by atoms with E-state index in [1.165, 1.54) is 32.1 Å². The number of allylic oxidation sites excluding steroid dienone is 4. The first-order valence-corrected chi connectivity index (χ1v) is 4.75. The first-order valence-electron chi connectivity index (χ1n) is 4.75. The van der Waals surface area contributed by atoms with Crippen LogP contribution in [0.25, 0.3) is 0 Å². The predicted octanol–water partition coefficient (Wildman–Crippen LogP) is 3.70. The molecule has 0 amide bonds. The monoisotopic (exact) mass is 150 g/mol. The Balaban J connectivity index is 2.20. The van der Waals surface area contributed by atoms with E-state index in [0.29, 0.717) is 0 Å². The van der Waals surface area contributed by atoms with Crippen LogP contribution in [0.1, 0.15) is 39.0 Å². The van der Waals surface area contributed by atoms with Crippen LogP contribution in [0.3, 0.4) is 0 Å². The number of rotatable bonds is 3. The maximum Gasteiger partial charge on any atom is -0.0196 e. The topological polar surface area (TPSA) is 0 Å². The van der Waals surface area contributed by atoms with E-state index >= 15 is 0 Å². The molecule has 0 heteroatoms. The molecule has 0 aromatic carbocycles. The maximum atomic E-state index is 2.40. The zero-order valence-electron chi connectivity index (χ0n) is 7.42. The summed E-state index contributed by atoms with van der Waals surface area (Å²) in [7, 11) is 0.